The second kappa shape index (κ2) is 4.55. The van der Waals surface area contributed by atoms with E-state index in [0.29, 0.717) is 21.6 Å². The summed E-state index contributed by atoms with van der Waals surface area (Å²) in [5.41, 5.74) is 2.79. The lowest BCUT2D eigenvalue weighted by Gasteiger charge is -2.05. The first-order valence-corrected chi connectivity index (χ1v) is 6.40. The van der Waals surface area contributed by atoms with Crippen molar-refractivity contribution < 1.29 is 9.21 Å². The van der Waals surface area contributed by atoms with Crippen LogP contribution in [0.25, 0.3) is 11.1 Å². The zero-order chi connectivity index (χ0) is 13.4. The number of hydrogen-bond acceptors (Lipinski definition) is 3. The molecular weight excluding hydrogens is 310 g/mol. The molecule has 3 aromatic rings. The van der Waals surface area contributed by atoms with Crippen LogP contribution in [0.4, 0.5) is 5.69 Å². The number of carbonyl (C=O) groups excluding carboxylic acids is 1. The van der Waals surface area contributed by atoms with Gasteiger partial charge in [0.1, 0.15) is 5.69 Å². The minimum absolute atomic E-state index is 0.184. The Balaban J connectivity index is 1.93. The van der Waals surface area contributed by atoms with E-state index in [1.54, 1.807) is 35.2 Å². The van der Waals surface area contributed by atoms with Crippen molar-refractivity contribution in [2.45, 2.75) is 0 Å². The summed E-state index contributed by atoms with van der Waals surface area (Å²) in [7, 11) is 1.83. The molecular formula is C13H10BrN3O2. The van der Waals surface area contributed by atoms with E-state index in [1.165, 1.54) is 0 Å². The van der Waals surface area contributed by atoms with Crippen molar-refractivity contribution >= 4 is 38.6 Å². The molecule has 0 fully saturated rings. The van der Waals surface area contributed by atoms with Gasteiger partial charge in [-0.1, -0.05) is 0 Å². The van der Waals surface area contributed by atoms with Gasteiger partial charge in [0.2, 0.25) is 0 Å². The monoisotopic (exact) mass is 319 g/mol. The van der Waals surface area contributed by atoms with Crippen molar-refractivity contribution in [3.8, 4) is 0 Å². The summed E-state index contributed by atoms with van der Waals surface area (Å²) in [4.78, 5) is 16.1. The molecule has 3 aromatic heterocycles. The summed E-state index contributed by atoms with van der Waals surface area (Å²) in [5, 5.41) is 2.81. The van der Waals surface area contributed by atoms with E-state index >= 15 is 0 Å². The maximum atomic E-state index is 12.2. The van der Waals surface area contributed by atoms with E-state index in [1.807, 2.05) is 13.1 Å². The lowest BCUT2D eigenvalue weighted by atomic mass is 10.3. The molecule has 0 aliphatic rings. The normalized spacial score (nSPS) is 10.8. The first kappa shape index (κ1) is 12.0. The molecule has 0 bridgehead atoms. The topological polar surface area (TPSA) is 60.1 Å². The van der Waals surface area contributed by atoms with Crippen LogP contribution in [0, 0.1) is 0 Å². The molecule has 0 radical (unpaired) electrons. The second-order valence-electron chi connectivity index (χ2n) is 4.08. The van der Waals surface area contributed by atoms with Crippen LogP contribution < -0.4 is 5.32 Å². The van der Waals surface area contributed by atoms with Gasteiger partial charge in [-0.3, -0.25) is 9.78 Å². The highest BCUT2D eigenvalue weighted by molar-refractivity contribution is 9.10. The number of pyridine rings is 1. The van der Waals surface area contributed by atoms with Crippen molar-refractivity contribution in [1.29, 1.82) is 0 Å². The minimum Gasteiger partial charge on any atom is -0.448 e. The molecule has 0 spiro atoms. The average Bonchev–Trinajstić information content (AvgIpc) is 2.89. The van der Waals surface area contributed by atoms with E-state index < -0.39 is 0 Å². The number of nitrogens with one attached hydrogen (secondary N) is 1. The molecule has 0 aromatic carbocycles. The Morgan fingerprint density at radius 2 is 2.11 bits per heavy atom. The van der Waals surface area contributed by atoms with Gasteiger partial charge in [0, 0.05) is 37.3 Å². The molecule has 19 heavy (non-hydrogen) atoms. The van der Waals surface area contributed by atoms with Crippen LogP contribution >= 0.6 is 15.9 Å². The fourth-order valence-electron chi connectivity index (χ4n) is 1.93. The zero-order valence-corrected chi connectivity index (χ0v) is 11.6. The lowest BCUT2D eigenvalue weighted by molar-refractivity contribution is 0.101. The Morgan fingerprint density at radius 3 is 2.79 bits per heavy atom. The first-order valence-electron chi connectivity index (χ1n) is 5.61. The number of rotatable bonds is 2. The van der Waals surface area contributed by atoms with E-state index in [2.05, 4.69) is 26.2 Å². The van der Waals surface area contributed by atoms with E-state index in [4.69, 9.17) is 4.42 Å². The maximum Gasteiger partial charge on any atom is 0.272 e. The fourth-order valence-corrected chi connectivity index (χ4v) is 2.32. The molecule has 3 heterocycles. The molecule has 0 atom stereocenters. The number of aromatic nitrogens is 2. The molecule has 0 aliphatic heterocycles. The highest BCUT2D eigenvalue weighted by Gasteiger charge is 2.16. The van der Waals surface area contributed by atoms with Gasteiger partial charge < -0.3 is 14.3 Å². The summed E-state index contributed by atoms with van der Waals surface area (Å²) >= 11 is 3.27. The van der Waals surface area contributed by atoms with Crippen LogP contribution in [0.1, 0.15) is 10.5 Å². The number of carbonyl (C=O) groups is 1. The predicted molar refractivity (Wildman–Crippen MR) is 75.1 cm³/mol. The molecule has 0 saturated carbocycles. The third-order valence-electron chi connectivity index (χ3n) is 2.87. The van der Waals surface area contributed by atoms with Gasteiger partial charge in [0.05, 0.1) is 5.52 Å². The van der Waals surface area contributed by atoms with Crippen molar-refractivity contribution in [2.75, 3.05) is 5.32 Å². The molecule has 1 amide bonds. The van der Waals surface area contributed by atoms with Gasteiger partial charge in [-0.15, -0.1) is 0 Å². The number of halogens is 1. The third-order valence-corrected chi connectivity index (χ3v) is 3.26. The van der Waals surface area contributed by atoms with Crippen LogP contribution in [0.15, 0.2) is 45.7 Å². The quantitative estimate of drug-likeness (QED) is 0.789. The SMILES string of the molecule is Cn1c(C(=O)Nc2ccncc2)cc2oc(Br)cc21. The van der Waals surface area contributed by atoms with E-state index in [9.17, 15) is 4.79 Å². The molecule has 96 valence electrons. The highest BCUT2D eigenvalue weighted by atomic mass is 79.9. The first-order chi connectivity index (χ1) is 9.15. The van der Waals surface area contributed by atoms with Crippen LogP contribution in [0.2, 0.25) is 0 Å². The predicted octanol–water partition coefficient (Wildman–Crippen LogP) is 3.18. The van der Waals surface area contributed by atoms with Crippen molar-refractivity contribution in [1.82, 2.24) is 9.55 Å². The number of anilines is 1. The van der Waals surface area contributed by atoms with E-state index in [-0.39, 0.29) is 5.91 Å². The number of furan rings is 1. The molecule has 0 aliphatic carbocycles. The van der Waals surface area contributed by atoms with Crippen molar-refractivity contribution in [2.24, 2.45) is 7.05 Å². The van der Waals surface area contributed by atoms with Gasteiger partial charge in [0.25, 0.3) is 5.91 Å². The number of fused-ring (bicyclic) bond motifs is 1. The Labute approximate surface area is 117 Å². The largest absolute Gasteiger partial charge is 0.448 e. The Bertz CT molecular complexity index is 746. The Hall–Kier alpha value is -2.08. The lowest BCUT2D eigenvalue weighted by Crippen LogP contribution is -2.15. The summed E-state index contributed by atoms with van der Waals surface area (Å²) in [6, 6.07) is 7.03. The highest BCUT2D eigenvalue weighted by Crippen LogP contribution is 2.26. The zero-order valence-electron chi connectivity index (χ0n) is 10.1. The summed E-state index contributed by atoms with van der Waals surface area (Å²) in [6.45, 7) is 0. The van der Waals surface area contributed by atoms with Crippen molar-refractivity contribution in [3.63, 3.8) is 0 Å². The number of nitrogens with zero attached hydrogens (tertiary/aromatic N) is 2. The number of hydrogen-bond donors (Lipinski definition) is 1. The Morgan fingerprint density at radius 1 is 1.37 bits per heavy atom. The molecule has 5 nitrogen and oxygen atoms in total. The molecule has 0 unspecified atom stereocenters. The summed E-state index contributed by atoms with van der Waals surface area (Å²) in [6.07, 6.45) is 3.26. The standard InChI is InChI=1S/C13H10BrN3O2/c1-17-9-7-12(14)19-11(9)6-10(17)13(18)16-8-2-4-15-5-3-8/h2-7H,1H3,(H,15,16,18). The van der Waals surface area contributed by atoms with Crippen molar-refractivity contribution in [3.05, 3.63) is 47.0 Å². The Kier molecular flexibility index (Phi) is 2.87. The van der Waals surface area contributed by atoms with Crippen LogP contribution in [0.3, 0.4) is 0 Å². The average molecular weight is 320 g/mol. The summed E-state index contributed by atoms with van der Waals surface area (Å²) in [5.74, 6) is -0.184. The van der Waals surface area contributed by atoms with Gasteiger partial charge >= 0.3 is 0 Å². The van der Waals surface area contributed by atoms with Crippen LogP contribution in [-0.2, 0) is 7.05 Å². The van der Waals surface area contributed by atoms with Gasteiger partial charge in [-0.25, -0.2) is 0 Å². The smallest absolute Gasteiger partial charge is 0.272 e. The number of aryl methyl sites for hydroxylation is 1. The second-order valence-corrected chi connectivity index (χ2v) is 4.86. The summed E-state index contributed by atoms with van der Waals surface area (Å²) < 4.78 is 7.87. The fraction of sp³-hybridized carbons (Fsp3) is 0.0769. The third kappa shape index (κ3) is 2.15. The molecule has 1 N–H and O–H groups in total. The molecule has 3 rings (SSSR count). The number of amides is 1. The van der Waals surface area contributed by atoms with Gasteiger partial charge in [0.15, 0.2) is 10.3 Å². The van der Waals surface area contributed by atoms with Gasteiger partial charge in [-0.2, -0.15) is 0 Å². The van der Waals surface area contributed by atoms with E-state index in [0.717, 1.165) is 5.52 Å². The van der Waals surface area contributed by atoms with Gasteiger partial charge in [-0.05, 0) is 28.1 Å². The maximum absolute atomic E-state index is 12.2. The van der Waals surface area contributed by atoms with Crippen LogP contribution in [-0.4, -0.2) is 15.5 Å². The minimum atomic E-state index is -0.184. The van der Waals surface area contributed by atoms with Crippen LogP contribution in [0.5, 0.6) is 0 Å². The molecule has 0 saturated heterocycles. The molecule has 6 heteroatoms.